The molecule has 0 aliphatic heterocycles. The molecule has 0 saturated heterocycles. The lowest BCUT2D eigenvalue weighted by Gasteiger charge is -2.26. The lowest BCUT2D eigenvalue weighted by atomic mass is 9.99. The van der Waals surface area contributed by atoms with E-state index in [2.05, 4.69) is 252 Å². The highest BCUT2D eigenvalue weighted by Gasteiger charge is 2.17. The van der Waals surface area contributed by atoms with Gasteiger partial charge >= 0.3 is 0 Å². The molecule has 1 aromatic heterocycles. The van der Waals surface area contributed by atoms with Crippen molar-refractivity contribution in [3.8, 4) is 50.2 Å². The Hall–Kier alpha value is -7.94. The number of benzene rings is 10. The summed E-state index contributed by atoms with van der Waals surface area (Å²) in [5.74, 6) is 0. The third-order valence-corrected chi connectivity index (χ3v) is 11.8. The summed E-state index contributed by atoms with van der Waals surface area (Å²) in [4.78, 5) is 2.36. The minimum absolute atomic E-state index is 1.09. The van der Waals surface area contributed by atoms with Crippen LogP contribution < -0.4 is 4.90 Å². The van der Waals surface area contributed by atoms with Crippen LogP contribution in [-0.2, 0) is 0 Å². The van der Waals surface area contributed by atoms with Gasteiger partial charge < -0.3 is 9.47 Å². The largest absolute Gasteiger partial charge is 0.310 e. The number of aromatic nitrogens is 1. The zero-order chi connectivity index (χ0) is 39.8. The van der Waals surface area contributed by atoms with E-state index in [1.807, 2.05) is 0 Å². The fraction of sp³-hybridized carbons (Fsp3) is 0. The summed E-state index contributed by atoms with van der Waals surface area (Å²) in [6.45, 7) is 0. The molecule has 0 saturated carbocycles. The zero-order valence-electron chi connectivity index (χ0n) is 33.0. The maximum absolute atomic E-state index is 2.44. The average Bonchev–Trinajstić information content (AvgIpc) is 3.68. The minimum Gasteiger partial charge on any atom is -0.310 e. The van der Waals surface area contributed by atoms with Crippen molar-refractivity contribution in [1.82, 2.24) is 4.57 Å². The molecule has 2 heteroatoms. The molecule has 1 heterocycles. The average molecular weight is 765 g/mol. The van der Waals surface area contributed by atoms with E-state index >= 15 is 0 Å². The van der Waals surface area contributed by atoms with Gasteiger partial charge in [0.05, 0.1) is 11.0 Å². The molecule has 2 nitrogen and oxygen atoms in total. The van der Waals surface area contributed by atoms with Crippen LogP contribution in [0.1, 0.15) is 0 Å². The van der Waals surface area contributed by atoms with Crippen molar-refractivity contribution in [3.05, 3.63) is 243 Å². The Morgan fingerprint density at radius 1 is 0.267 bits per heavy atom. The summed E-state index contributed by atoms with van der Waals surface area (Å²) in [6, 6.07) is 87.8. The fourth-order valence-corrected chi connectivity index (χ4v) is 8.82. The summed E-state index contributed by atoms with van der Waals surface area (Å²) in [7, 11) is 0. The van der Waals surface area contributed by atoms with E-state index in [-0.39, 0.29) is 0 Å². The van der Waals surface area contributed by atoms with E-state index in [0.717, 1.165) is 33.9 Å². The Morgan fingerprint density at radius 2 is 0.733 bits per heavy atom. The monoisotopic (exact) mass is 764 g/mol. The molecule has 0 spiro atoms. The number of hydrogen-bond acceptors (Lipinski definition) is 1. The normalized spacial score (nSPS) is 11.3. The van der Waals surface area contributed by atoms with Crippen LogP contribution in [-0.4, -0.2) is 4.57 Å². The van der Waals surface area contributed by atoms with Gasteiger partial charge in [0, 0.05) is 38.9 Å². The highest BCUT2D eigenvalue weighted by molar-refractivity contribution is 6.18. The molecule has 0 aliphatic rings. The van der Waals surface area contributed by atoms with Gasteiger partial charge in [-0.05, 0) is 104 Å². The van der Waals surface area contributed by atoms with Gasteiger partial charge in [0.2, 0.25) is 0 Å². The molecular weight excluding hydrogens is 725 g/mol. The van der Waals surface area contributed by atoms with Gasteiger partial charge in [-0.25, -0.2) is 0 Å². The van der Waals surface area contributed by atoms with E-state index < -0.39 is 0 Å². The predicted molar refractivity (Wildman–Crippen MR) is 255 cm³/mol. The van der Waals surface area contributed by atoms with E-state index in [9.17, 15) is 0 Å². The maximum atomic E-state index is 2.44. The van der Waals surface area contributed by atoms with Gasteiger partial charge in [0.1, 0.15) is 0 Å². The van der Waals surface area contributed by atoms with E-state index in [0.29, 0.717) is 0 Å². The minimum atomic E-state index is 1.09. The second-order valence-corrected chi connectivity index (χ2v) is 15.4. The molecule has 0 bridgehead atoms. The van der Waals surface area contributed by atoms with E-state index in [4.69, 9.17) is 0 Å². The Morgan fingerprint density at radius 3 is 1.35 bits per heavy atom. The topological polar surface area (TPSA) is 8.17 Å². The molecule has 11 rings (SSSR count). The van der Waals surface area contributed by atoms with Gasteiger partial charge in [-0.15, -0.1) is 0 Å². The Balaban J connectivity index is 0.993. The van der Waals surface area contributed by atoms with Gasteiger partial charge in [-0.2, -0.15) is 0 Å². The number of fused-ring (bicyclic) bond motifs is 5. The summed E-state index contributed by atoms with van der Waals surface area (Å²) < 4.78 is 2.44. The van der Waals surface area contributed by atoms with Crippen LogP contribution in [0.15, 0.2) is 243 Å². The van der Waals surface area contributed by atoms with Crippen LogP contribution in [0.3, 0.4) is 0 Å². The van der Waals surface area contributed by atoms with Crippen LogP contribution in [0.25, 0.3) is 82.8 Å². The second kappa shape index (κ2) is 15.1. The van der Waals surface area contributed by atoms with E-state index in [1.54, 1.807) is 0 Å². The molecule has 60 heavy (non-hydrogen) atoms. The molecule has 0 atom stereocenters. The molecule has 11 aromatic rings. The van der Waals surface area contributed by atoms with Gasteiger partial charge in [-0.3, -0.25) is 0 Å². The third kappa shape index (κ3) is 6.41. The summed E-state index contributed by atoms with van der Waals surface area (Å²) in [5, 5.41) is 5.02. The van der Waals surface area contributed by atoms with Crippen molar-refractivity contribution < 1.29 is 0 Å². The van der Waals surface area contributed by atoms with Crippen LogP contribution in [0.2, 0.25) is 0 Å². The molecule has 0 N–H and O–H groups in total. The molecule has 0 fully saturated rings. The SMILES string of the molecule is c1ccc(-c2ccc(-c3ccc(N(c4ccc(-c5ccccc5)cc4)c4cccc(-c5cccc(-n6c7ccccc7c7ccc8ccccc8c76)c5)c4)cc3)cc2)cc1. The Bertz CT molecular complexity index is 3270. The first-order chi connectivity index (χ1) is 29.7. The van der Waals surface area contributed by atoms with Crippen LogP contribution in [0.5, 0.6) is 0 Å². The number of para-hydroxylation sites is 1. The van der Waals surface area contributed by atoms with Gasteiger partial charge in [-0.1, -0.05) is 188 Å². The summed E-state index contributed by atoms with van der Waals surface area (Å²) in [5.41, 5.74) is 16.4. The quantitative estimate of drug-likeness (QED) is 0.150. The molecular formula is C58H40N2. The standard InChI is InChI=1S/C58H40N2/c1-3-13-41(14-4-1)43-25-27-44(28-26-43)46-31-36-51(37-32-46)59(50-34-29-45(30-35-50)42-15-5-2-6-16-42)52-20-11-18-48(39-52)49-19-12-21-53(40-49)60-57-24-10-9-23-55(57)56-38-33-47-17-7-8-22-54(47)58(56)60/h1-40H. The first-order valence-corrected chi connectivity index (χ1v) is 20.6. The Kier molecular flexibility index (Phi) is 8.87. The molecule has 0 aliphatic carbocycles. The van der Waals surface area contributed by atoms with Crippen LogP contribution >= 0.6 is 0 Å². The van der Waals surface area contributed by atoms with Crippen molar-refractivity contribution in [3.63, 3.8) is 0 Å². The van der Waals surface area contributed by atoms with Crippen molar-refractivity contribution in [2.24, 2.45) is 0 Å². The lowest BCUT2D eigenvalue weighted by Crippen LogP contribution is -2.10. The predicted octanol–water partition coefficient (Wildman–Crippen LogP) is 16.1. The van der Waals surface area contributed by atoms with Gasteiger partial charge in [0.25, 0.3) is 0 Å². The smallest absolute Gasteiger partial charge is 0.0619 e. The molecule has 282 valence electrons. The Labute approximate surface area is 350 Å². The number of nitrogens with zero attached hydrogens (tertiary/aromatic N) is 2. The van der Waals surface area contributed by atoms with E-state index in [1.165, 1.54) is 66.0 Å². The third-order valence-electron chi connectivity index (χ3n) is 11.8. The van der Waals surface area contributed by atoms with Crippen molar-refractivity contribution >= 4 is 49.6 Å². The first-order valence-electron chi connectivity index (χ1n) is 20.6. The van der Waals surface area contributed by atoms with Crippen molar-refractivity contribution in [2.45, 2.75) is 0 Å². The molecule has 10 aromatic carbocycles. The molecule has 0 unspecified atom stereocenters. The highest BCUT2D eigenvalue weighted by Crippen LogP contribution is 2.40. The second-order valence-electron chi connectivity index (χ2n) is 15.4. The summed E-state index contributed by atoms with van der Waals surface area (Å²) >= 11 is 0. The molecule has 0 amide bonds. The highest BCUT2D eigenvalue weighted by atomic mass is 15.1. The van der Waals surface area contributed by atoms with Crippen molar-refractivity contribution in [1.29, 1.82) is 0 Å². The zero-order valence-corrected chi connectivity index (χ0v) is 33.0. The van der Waals surface area contributed by atoms with Crippen molar-refractivity contribution in [2.75, 3.05) is 4.90 Å². The lowest BCUT2D eigenvalue weighted by molar-refractivity contribution is 1.19. The van der Waals surface area contributed by atoms with Crippen LogP contribution in [0, 0.1) is 0 Å². The maximum Gasteiger partial charge on any atom is 0.0619 e. The molecule has 0 radical (unpaired) electrons. The number of rotatable bonds is 8. The number of hydrogen-bond donors (Lipinski definition) is 0. The number of anilines is 3. The summed E-state index contributed by atoms with van der Waals surface area (Å²) in [6.07, 6.45) is 0. The fourth-order valence-electron chi connectivity index (χ4n) is 8.82. The van der Waals surface area contributed by atoms with Crippen LogP contribution in [0.4, 0.5) is 17.1 Å². The van der Waals surface area contributed by atoms with Gasteiger partial charge in [0.15, 0.2) is 0 Å². The first kappa shape index (κ1) is 35.2.